The van der Waals surface area contributed by atoms with Crippen molar-refractivity contribution in [2.45, 2.75) is 41.5 Å². The highest BCUT2D eigenvalue weighted by Gasteiger charge is 2.19. The molecule has 0 radical (unpaired) electrons. The third-order valence-electron chi connectivity index (χ3n) is 1.74. The van der Waals surface area contributed by atoms with E-state index in [0.29, 0.717) is 10.8 Å². The van der Waals surface area contributed by atoms with Crippen LogP contribution in [0, 0.1) is 10.8 Å². The molecule has 0 rings (SSSR count). The topological polar surface area (TPSA) is 3.24 Å². The molecule has 2 nitrogen and oxygen atoms in total. The van der Waals surface area contributed by atoms with Crippen molar-refractivity contribution in [1.29, 1.82) is 0 Å². The Morgan fingerprint density at radius 2 is 1.10 bits per heavy atom. The van der Waals surface area contributed by atoms with Gasteiger partial charge in [-0.1, -0.05) is 64.1 Å². The van der Waals surface area contributed by atoms with Crippen LogP contribution in [0.2, 0.25) is 0 Å². The van der Waals surface area contributed by atoms with E-state index in [1.54, 1.807) is 0 Å². The van der Waals surface area contributed by atoms with Gasteiger partial charge >= 0.3 is 0 Å². The maximum Gasteiger partial charge on any atom is 0.0829 e. The van der Waals surface area contributed by atoms with Gasteiger partial charge in [-0.2, -0.15) is 0 Å². The predicted molar refractivity (Wildman–Crippen MR) is 100 cm³/mol. The predicted octanol–water partition coefficient (Wildman–Crippen LogP) is 1.39. The van der Waals surface area contributed by atoms with Gasteiger partial charge in [0.25, 0.3) is 0 Å². The van der Waals surface area contributed by atoms with Gasteiger partial charge < -0.3 is 33.4 Å². The lowest BCUT2D eigenvalue weighted by Crippen LogP contribution is -3.00. The maximum atomic E-state index is 2.27. The fraction of sp³-hybridized carbons (Fsp3) is 1.00. The van der Waals surface area contributed by atoms with Crippen molar-refractivity contribution in [2.75, 3.05) is 53.3 Å². The van der Waals surface area contributed by atoms with Crippen LogP contribution in [-0.2, 0) is 0 Å². The summed E-state index contributed by atoms with van der Waals surface area (Å²) in [5.74, 6) is 0. The average Bonchev–Trinajstić information content (AvgIpc) is 1.95. The quantitative estimate of drug-likeness (QED) is 0.306. The number of hydrogen-bond donors (Lipinski definition) is 0. The van der Waals surface area contributed by atoms with Crippen LogP contribution in [0.15, 0.2) is 0 Å². The average molecular weight is 514 g/mol. The van der Waals surface area contributed by atoms with Crippen LogP contribution in [0.25, 0.3) is 0 Å². The highest BCUT2D eigenvalue weighted by atomic mass is 127. The van der Waals surface area contributed by atoms with Gasteiger partial charge in [0, 0.05) is 12.0 Å². The number of hydrogen-bond acceptors (Lipinski definition) is 1. The van der Waals surface area contributed by atoms with Crippen molar-refractivity contribution in [1.82, 2.24) is 4.90 Å². The second-order valence-electron chi connectivity index (χ2n) is 8.81. The second-order valence-corrected chi connectivity index (χ2v) is 8.81. The molecule has 4 heteroatoms. The summed E-state index contributed by atoms with van der Waals surface area (Å²) in [6.45, 7) is 15.9. The molecule has 0 amide bonds. The third kappa shape index (κ3) is 42.7. The zero-order valence-electron chi connectivity index (χ0n) is 16.1. The van der Waals surface area contributed by atoms with Gasteiger partial charge in [0.2, 0.25) is 0 Å². The van der Waals surface area contributed by atoms with Crippen LogP contribution in [0.1, 0.15) is 41.5 Å². The lowest BCUT2D eigenvalue weighted by molar-refractivity contribution is -0.876. The van der Waals surface area contributed by atoms with E-state index in [0.717, 1.165) is 11.0 Å². The van der Waals surface area contributed by atoms with Gasteiger partial charge in [0.1, 0.15) is 0 Å². The molecular formula is C16H40I2N2. The minimum atomic E-state index is 0. The number of nitrogens with zero attached hydrogens (tertiary/aromatic N) is 2. The summed E-state index contributed by atoms with van der Waals surface area (Å²) in [5.41, 5.74) is 0.905. The van der Waals surface area contributed by atoms with Gasteiger partial charge in [0.05, 0.1) is 27.7 Å². The Kier molecular flexibility index (Phi) is 18.9. The van der Waals surface area contributed by atoms with Crippen LogP contribution in [0.5, 0.6) is 0 Å². The first-order valence-electron chi connectivity index (χ1n) is 6.95. The van der Waals surface area contributed by atoms with Crippen molar-refractivity contribution in [2.24, 2.45) is 10.8 Å². The van der Waals surface area contributed by atoms with Gasteiger partial charge in [-0.05, 0) is 24.4 Å². The molecule has 0 aromatic carbocycles. The van der Waals surface area contributed by atoms with E-state index in [-0.39, 0.29) is 24.0 Å². The highest BCUT2D eigenvalue weighted by Crippen LogP contribution is 2.16. The molecule has 0 aliphatic carbocycles. The van der Waals surface area contributed by atoms with E-state index in [1.165, 1.54) is 6.54 Å². The van der Waals surface area contributed by atoms with E-state index in [1.807, 2.05) is 4.93 Å². The van der Waals surface area contributed by atoms with Crippen molar-refractivity contribution in [3.05, 3.63) is 0 Å². The molecule has 0 atom stereocenters. The molecule has 0 bridgehead atoms. The van der Waals surface area contributed by atoms with E-state index in [4.69, 9.17) is 0 Å². The Balaban J connectivity index is -0.000000109. The van der Waals surface area contributed by atoms with Gasteiger partial charge in [0.15, 0.2) is 0 Å². The van der Waals surface area contributed by atoms with Crippen LogP contribution in [0.3, 0.4) is 0 Å². The van der Waals surface area contributed by atoms with E-state index >= 15 is 0 Å². The van der Waals surface area contributed by atoms with Crippen molar-refractivity contribution < 1.29 is 28.5 Å². The monoisotopic (exact) mass is 514 g/mol. The molecule has 0 fully saturated rings. The largest absolute Gasteiger partial charge is 1.00 e. The van der Waals surface area contributed by atoms with Crippen molar-refractivity contribution >= 4 is 22.6 Å². The number of quaternary nitrogens is 1. The molecule has 0 heterocycles. The smallest absolute Gasteiger partial charge is 0.0829 e. The Bertz CT molecular complexity index is 184. The Labute approximate surface area is 160 Å². The lowest BCUT2D eigenvalue weighted by atomic mass is 9.96. The molecular weight excluding hydrogens is 474 g/mol. The summed E-state index contributed by atoms with van der Waals surface area (Å²) in [7, 11) is 10.9. The standard InChI is InChI=1S/C8H20N.C7H17N.CH3I.HI/c1-8(2,3)7-9(4,5)6;1-7(2,3)6-8(4)5;1-2;/h7H2,1-6H3;6H2,1-5H3;1H3;1H/q+1;;;/p-1. The first kappa shape index (κ1) is 29.4. The summed E-state index contributed by atoms with van der Waals surface area (Å²) >= 11 is 2.15. The third-order valence-corrected chi connectivity index (χ3v) is 1.74. The summed E-state index contributed by atoms with van der Waals surface area (Å²) in [6.07, 6.45) is 0. The second kappa shape index (κ2) is 12.9. The van der Waals surface area contributed by atoms with Crippen molar-refractivity contribution in [3.63, 3.8) is 0 Å². The fourth-order valence-electron chi connectivity index (χ4n) is 2.37. The van der Waals surface area contributed by atoms with Crippen LogP contribution < -0.4 is 24.0 Å². The molecule has 20 heavy (non-hydrogen) atoms. The summed E-state index contributed by atoms with van der Waals surface area (Å²) in [5, 5.41) is 0. The fourth-order valence-corrected chi connectivity index (χ4v) is 2.37. The first-order chi connectivity index (χ1) is 8.12. The van der Waals surface area contributed by atoms with Gasteiger partial charge in [-0.15, -0.1) is 0 Å². The zero-order chi connectivity index (χ0) is 16.5. The molecule has 0 spiro atoms. The summed E-state index contributed by atoms with van der Waals surface area (Å²) < 4.78 is 1.06. The first-order valence-corrected chi connectivity index (χ1v) is 9.11. The molecule has 0 aromatic rings. The molecule has 0 aliphatic rings. The normalized spacial score (nSPS) is 11.7. The Hall–Kier alpha value is 1.38. The van der Waals surface area contributed by atoms with E-state index in [9.17, 15) is 0 Å². The Morgan fingerprint density at radius 1 is 0.800 bits per heavy atom. The molecule has 0 N–H and O–H groups in total. The van der Waals surface area contributed by atoms with Crippen LogP contribution >= 0.6 is 22.6 Å². The molecule has 0 saturated heterocycles. The van der Waals surface area contributed by atoms with Gasteiger partial charge in [-0.25, -0.2) is 0 Å². The van der Waals surface area contributed by atoms with E-state index < -0.39 is 0 Å². The minimum absolute atomic E-state index is 0. The molecule has 128 valence electrons. The Morgan fingerprint density at radius 3 is 1.10 bits per heavy atom. The molecule has 0 aromatic heterocycles. The number of halogens is 2. The highest BCUT2D eigenvalue weighted by molar-refractivity contribution is 14.1. The van der Waals surface area contributed by atoms with Crippen LogP contribution in [-0.4, -0.2) is 62.6 Å². The summed E-state index contributed by atoms with van der Waals surface area (Å²) in [6, 6.07) is 0. The van der Waals surface area contributed by atoms with Gasteiger partial charge in [-0.3, -0.25) is 0 Å². The molecule has 0 saturated carbocycles. The van der Waals surface area contributed by atoms with Crippen LogP contribution in [0.4, 0.5) is 0 Å². The molecule has 0 unspecified atom stereocenters. The maximum absolute atomic E-state index is 2.27. The van der Waals surface area contributed by atoms with Crippen molar-refractivity contribution in [3.8, 4) is 0 Å². The lowest BCUT2D eigenvalue weighted by Gasteiger charge is -2.31. The minimum Gasteiger partial charge on any atom is -1.00 e. The zero-order valence-corrected chi connectivity index (χ0v) is 20.4. The molecule has 0 aliphatic heterocycles. The SMILES string of the molecule is CC(C)(C)C[N+](C)(C)C.CI.CN(C)CC(C)(C)C.[I-]. The summed E-state index contributed by atoms with van der Waals surface area (Å²) in [4.78, 5) is 4.18. The van der Waals surface area contributed by atoms with E-state index in [2.05, 4.69) is 104 Å². The number of alkyl halides is 1. The number of rotatable bonds is 2.